The number of rotatable bonds is 3. The van der Waals surface area contributed by atoms with Crippen LogP contribution in [0.3, 0.4) is 0 Å². The van der Waals surface area contributed by atoms with Gasteiger partial charge in [0.25, 0.3) is 0 Å². The molecule has 2 N–H and O–H groups in total. The fraction of sp³-hybridized carbons (Fsp3) is 0.600. The minimum atomic E-state index is -3.10. The number of aliphatic hydroxyl groups excluding tert-OH is 1. The van der Waals surface area contributed by atoms with Gasteiger partial charge in [-0.1, -0.05) is 0 Å². The van der Waals surface area contributed by atoms with Gasteiger partial charge in [-0.3, -0.25) is 9.97 Å². The lowest BCUT2D eigenvalue weighted by Gasteiger charge is -2.14. The van der Waals surface area contributed by atoms with Crippen molar-refractivity contribution < 1.29 is 13.5 Å². The largest absolute Gasteiger partial charge is 0.390 e. The minimum Gasteiger partial charge on any atom is -0.390 e. The van der Waals surface area contributed by atoms with Gasteiger partial charge in [0, 0.05) is 25.0 Å². The Bertz CT molecular complexity index is 486. The van der Waals surface area contributed by atoms with Crippen LogP contribution in [0.5, 0.6) is 0 Å². The third-order valence-corrected chi connectivity index (χ3v) is 4.42. The zero-order chi connectivity index (χ0) is 12.5. The highest BCUT2D eigenvalue weighted by Crippen LogP contribution is 2.12. The van der Waals surface area contributed by atoms with Gasteiger partial charge in [0.2, 0.25) is 0 Å². The Morgan fingerprint density at radius 2 is 2.18 bits per heavy atom. The molecule has 2 heterocycles. The Balaban J connectivity index is 1.93. The third-order valence-electron chi connectivity index (χ3n) is 2.70. The topological polar surface area (TPSA) is 92.2 Å². The molecule has 7 heteroatoms. The molecule has 2 unspecified atom stereocenters. The van der Waals surface area contributed by atoms with Crippen LogP contribution < -0.4 is 5.32 Å². The molecule has 1 aromatic heterocycles. The molecular weight excluding hydrogens is 242 g/mol. The van der Waals surface area contributed by atoms with Crippen molar-refractivity contribution in [1.82, 2.24) is 15.3 Å². The van der Waals surface area contributed by atoms with Gasteiger partial charge < -0.3 is 10.4 Å². The number of aryl methyl sites for hydroxylation is 1. The predicted octanol–water partition coefficient (Wildman–Crippen LogP) is -0.967. The van der Waals surface area contributed by atoms with E-state index < -0.39 is 22.0 Å². The zero-order valence-electron chi connectivity index (χ0n) is 9.50. The summed E-state index contributed by atoms with van der Waals surface area (Å²) < 4.78 is 22.6. The van der Waals surface area contributed by atoms with Crippen molar-refractivity contribution in [1.29, 1.82) is 0 Å². The fourth-order valence-electron chi connectivity index (χ4n) is 1.77. The highest BCUT2D eigenvalue weighted by atomic mass is 32.2. The molecule has 0 bridgehead atoms. The van der Waals surface area contributed by atoms with E-state index in [1.165, 1.54) is 0 Å². The number of nitrogens with zero attached hydrogens (tertiary/aromatic N) is 2. The van der Waals surface area contributed by atoms with Gasteiger partial charge in [-0.2, -0.15) is 0 Å². The molecule has 0 saturated carbocycles. The van der Waals surface area contributed by atoms with Crippen LogP contribution in [0.25, 0.3) is 0 Å². The van der Waals surface area contributed by atoms with Crippen molar-refractivity contribution >= 4 is 9.84 Å². The SMILES string of the molecule is Cc1cnc(CNC2CS(=O)(=O)CC2O)cn1. The van der Waals surface area contributed by atoms with Crippen LogP contribution >= 0.6 is 0 Å². The van der Waals surface area contributed by atoms with Crippen molar-refractivity contribution in [3.05, 3.63) is 23.8 Å². The summed E-state index contributed by atoms with van der Waals surface area (Å²) in [6, 6.07) is -0.414. The number of sulfone groups is 1. The second-order valence-electron chi connectivity index (χ2n) is 4.28. The van der Waals surface area contributed by atoms with Gasteiger partial charge in [0.05, 0.1) is 29.0 Å². The van der Waals surface area contributed by atoms with Crippen LogP contribution in [-0.2, 0) is 16.4 Å². The van der Waals surface area contributed by atoms with E-state index in [0.717, 1.165) is 11.4 Å². The first-order valence-corrected chi connectivity index (χ1v) is 7.18. The van der Waals surface area contributed by atoms with Crippen LogP contribution in [0.15, 0.2) is 12.4 Å². The predicted molar refractivity (Wildman–Crippen MR) is 62.1 cm³/mol. The van der Waals surface area contributed by atoms with Crippen LogP contribution in [0.2, 0.25) is 0 Å². The summed E-state index contributed by atoms with van der Waals surface area (Å²) in [4.78, 5) is 8.23. The number of nitrogens with one attached hydrogen (secondary N) is 1. The lowest BCUT2D eigenvalue weighted by atomic mass is 10.2. The van der Waals surface area contributed by atoms with E-state index in [0.29, 0.717) is 6.54 Å². The molecule has 2 atom stereocenters. The van der Waals surface area contributed by atoms with E-state index in [1.54, 1.807) is 12.4 Å². The summed E-state index contributed by atoms with van der Waals surface area (Å²) in [7, 11) is -3.10. The molecule has 0 aromatic carbocycles. The molecule has 1 aliphatic rings. The molecule has 0 radical (unpaired) electrons. The molecule has 6 nitrogen and oxygen atoms in total. The highest BCUT2D eigenvalue weighted by Gasteiger charge is 2.35. The average molecular weight is 257 g/mol. The molecule has 0 amide bonds. The second kappa shape index (κ2) is 4.67. The van der Waals surface area contributed by atoms with Crippen molar-refractivity contribution in [3.63, 3.8) is 0 Å². The van der Waals surface area contributed by atoms with Gasteiger partial charge >= 0.3 is 0 Å². The highest BCUT2D eigenvalue weighted by molar-refractivity contribution is 7.91. The Hall–Kier alpha value is -1.05. The molecule has 0 spiro atoms. The summed E-state index contributed by atoms with van der Waals surface area (Å²) in [6.45, 7) is 2.25. The number of aromatic nitrogens is 2. The van der Waals surface area contributed by atoms with E-state index in [-0.39, 0.29) is 11.5 Å². The first kappa shape index (κ1) is 12.4. The normalized spacial score (nSPS) is 27.2. The van der Waals surface area contributed by atoms with Crippen molar-refractivity contribution in [2.24, 2.45) is 0 Å². The number of hydrogen-bond acceptors (Lipinski definition) is 6. The fourth-order valence-corrected chi connectivity index (χ4v) is 3.55. The molecule has 17 heavy (non-hydrogen) atoms. The maximum absolute atomic E-state index is 11.3. The van der Waals surface area contributed by atoms with E-state index in [9.17, 15) is 13.5 Å². The lowest BCUT2D eigenvalue weighted by Crippen LogP contribution is -2.38. The molecule has 0 aliphatic carbocycles. The van der Waals surface area contributed by atoms with Crippen molar-refractivity contribution in [2.45, 2.75) is 25.6 Å². The Kier molecular flexibility index (Phi) is 3.41. The first-order valence-electron chi connectivity index (χ1n) is 5.36. The van der Waals surface area contributed by atoms with Gasteiger partial charge in [0.15, 0.2) is 9.84 Å². The van der Waals surface area contributed by atoms with Gasteiger partial charge in [-0.15, -0.1) is 0 Å². The number of hydrogen-bond donors (Lipinski definition) is 2. The van der Waals surface area contributed by atoms with Crippen molar-refractivity contribution in [2.75, 3.05) is 11.5 Å². The first-order chi connectivity index (χ1) is 7.96. The van der Waals surface area contributed by atoms with Gasteiger partial charge in [-0.25, -0.2) is 8.42 Å². The lowest BCUT2D eigenvalue weighted by molar-refractivity contribution is 0.165. The summed E-state index contributed by atoms with van der Waals surface area (Å²) in [5.41, 5.74) is 1.56. The van der Waals surface area contributed by atoms with Crippen molar-refractivity contribution in [3.8, 4) is 0 Å². The van der Waals surface area contributed by atoms with Crippen LogP contribution in [0.4, 0.5) is 0 Å². The van der Waals surface area contributed by atoms with Crippen LogP contribution in [0.1, 0.15) is 11.4 Å². The summed E-state index contributed by atoms with van der Waals surface area (Å²) >= 11 is 0. The Morgan fingerprint density at radius 1 is 1.41 bits per heavy atom. The van der Waals surface area contributed by atoms with Crippen LogP contribution in [0, 0.1) is 6.92 Å². The quantitative estimate of drug-likeness (QED) is 0.724. The molecule has 94 valence electrons. The van der Waals surface area contributed by atoms with Gasteiger partial charge in [-0.05, 0) is 6.92 Å². The third kappa shape index (κ3) is 3.21. The molecule has 2 rings (SSSR count). The van der Waals surface area contributed by atoms with E-state index in [1.807, 2.05) is 6.92 Å². The van der Waals surface area contributed by atoms with Crippen LogP contribution in [-0.4, -0.2) is 47.1 Å². The summed E-state index contributed by atoms with van der Waals surface area (Å²) in [6.07, 6.45) is 2.45. The molecule has 1 fully saturated rings. The van der Waals surface area contributed by atoms with E-state index in [2.05, 4.69) is 15.3 Å². The van der Waals surface area contributed by atoms with E-state index >= 15 is 0 Å². The maximum Gasteiger partial charge on any atom is 0.154 e. The average Bonchev–Trinajstić information content (AvgIpc) is 2.51. The second-order valence-corrected chi connectivity index (χ2v) is 6.43. The molecular formula is C10H15N3O3S. The van der Waals surface area contributed by atoms with Gasteiger partial charge in [0.1, 0.15) is 0 Å². The molecule has 1 aliphatic heterocycles. The molecule has 1 aromatic rings. The smallest absolute Gasteiger partial charge is 0.154 e. The van der Waals surface area contributed by atoms with E-state index in [4.69, 9.17) is 0 Å². The number of aliphatic hydroxyl groups is 1. The maximum atomic E-state index is 11.3. The Labute approximate surface area is 100 Å². The Morgan fingerprint density at radius 3 is 2.71 bits per heavy atom. The molecule has 1 saturated heterocycles. The monoisotopic (exact) mass is 257 g/mol. The summed E-state index contributed by atoms with van der Waals surface area (Å²) in [5, 5.41) is 12.6. The minimum absolute atomic E-state index is 0.0204. The summed E-state index contributed by atoms with van der Waals surface area (Å²) in [5.74, 6) is -0.183. The zero-order valence-corrected chi connectivity index (χ0v) is 10.3. The standard InChI is InChI=1S/C10H15N3O3S/c1-7-2-12-8(3-11-7)4-13-9-5-17(15,16)6-10(9)14/h2-3,9-10,13-14H,4-6H2,1H3.